The molecule has 33 heavy (non-hydrogen) atoms. The molecule has 2 aromatic carbocycles. The van der Waals surface area contributed by atoms with Crippen LogP contribution in [0.3, 0.4) is 0 Å². The van der Waals surface area contributed by atoms with Gasteiger partial charge in [-0.2, -0.15) is 4.80 Å². The molecule has 0 spiro atoms. The molecular formula is C22H27ClN6O4. The number of nitrogens with two attached hydrogens (primary N) is 1. The second-order valence-corrected chi connectivity index (χ2v) is 8.51. The van der Waals surface area contributed by atoms with Crippen molar-refractivity contribution in [3.8, 4) is 5.75 Å². The van der Waals surface area contributed by atoms with Crippen LogP contribution in [-0.2, 0) is 23.1 Å². The lowest BCUT2D eigenvalue weighted by molar-refractivity contribution is -0.237. The van der Waals surface area contributed by atoms with Crippen LogP contribution in [0, 0.1) is 0 Å². The number of rotatable bonds is 7. The van der Waals surface area contributed by atoms with Crippen LogP contribution in [0.4, 0.5) is 11.4 Å². The summed E-state index contributed by atoms with van der Waals surface area (Å²) in [6.07, 6.45) is -1.94. The quantitative estimate of drug-likeness (QED) is 0.392. The molecule has 0 saturated heterocycles. The molecule has 10 nitrogen and oxygen atoms in total. The Hall–Kier alpha value is -2.92. The van der Waals surface area contributed by atoms with E-state index in [2.05, 4.69) is 15.4 Å². The number of benzene rings is 2. The molecule has 176 valence electrons. The number of anilines is 2. The van der Waals surface area contributed by atoms with E-state index in [1.54, 1.807) is 44.3 Å². The number of hydrogen-bond donors (Lipinski definition) is 2. The molecule has 3 N–H and O–H groups in total. The van der Waals surface area contributed by atoms with E-state index in [0.29, 0.717) is 27.8 Å². The van der Waals surface area contributed by atoms with Crippen molar-refractivity contribution in [3.05, 3.63) is 58.9 Å². The average molecular weight is 475 g/mol. The number of aliphatic hydroxyl groups is 1. The van der Waals surface area contributed by atoms with E-state index in [1.807, 2.05) is 17.0 Å². The summed E-state index contributed by atoms with van der Waals surface area (Å²) in [6, 6.07) is 12.0. The highest BCUT2D eigenvalue weighted by atomic mass is 35.5. The molecule has 0 amide bonds. The molecule has 3 atom stereocenters. The molecule has 1 aliphatic heterocycles. The van der Waals surface area contributed by atoms with Crippen molar-refractivity contribution < 1.29 is 19.3 Å². The van der Waals surface area contributed by atoms with Gasteiger partial charge in [-0.25, -0.2) is 0 Å². The molecule has 1 aliphatic rings. The number of methoxy groups -OCH3 is 2. The molecule has 0 bridgehead atoms. The second-order valence-electron chi connectivity index (χ2n) is 8.08. The average Bonchev–Trinajstić information content (AvgIpc) is 3.20. The van der Waals surface area contributed by atoms with E-state index in [9.17, 15) is 5.11 Å². The summed E-state index contributed by atoms with van der Waals surface area (Å²) < 4.78 is 17.3. The number of aliphatic hydroxyl groups excluding tert-OH is 1. The van der Waals surface area contributed by atoms with Crippen LogP contribution in [0.15, 0.2) is 42.5 Å². The van der Waals surface area contributed by atoms with E-state index in [-0.39, 0.29) is 6.54 Å². The maximum atomic E-state index is 11.8. The molecule has 0 aliphatic carbocycles. The molecule has 2 heterocycles. The zero-order valence-electron chi connectivity index (χ0n) is 18.8. The third-order valence-electron chi connectivity index (χ3n) is 5.82. The number of hydrogen-bond acceptors (Lipinski definition) is 9. The molecule has 0 unspecified atom stereocenters. The van der Waals surface area contributed by atoms with E-state index in [4.69, 9.17) is 31.5 Å². The van der Waals surface area contributed by atoms with Gasteiger partial charge in [-0.3, -0.25) is 0 Å². The molecule has 3 aromatic rings. The van der Waals surface area contributed by atoms with Crippen LogP contribution in [0.5, 0.6) is 5.75 Å². The fourth-order valence-electron chi connectivity index (χ4n) is 4.28. The smallest absolute Gasteiger partial charge is 0.199 e. The van der Waals surface area contributed by atoms with Crippen molar-refractivity contribution in [2.24, 2.45) is 7.05 Å². The van der Waals surface area contributed by atoms with Gasteiger partial charge in [0.2, 0.25) is 0 Å². The van der Waals surface area contributed by atoms with Gasteiger partial charge in [-0.1, -0.05) is 11.6 Å². The second kappa shape index (κ2) is 9.14. The monoisotopic (exact) mass is 474 g/mol. The summed E-state index contributed by atoms with van der Waals surface area (Å²) >= 11 is 6.15. The lowest BCUT2D eigenvalue weighted by atomic mass is 9.83. The van der Waals surface area contributed by atoms with Crippen LogP contribution in [0.1, 0.15) is 24.4 Å². The minimum atomic E-state index is -1.24. The molecular weight excluding hydrogens is 448 g/mol. The van der Waals surface area contributed by atoms with Crippen LogP contribution in [0.25, 0.3) is 0 Å². The van der Waals surface area contributed by atoms with Crippen LogP contribution in [-0.4, -0.2) is 57.5 Å². The zero-order valence-corrected chi connectivity index (χ0v) is 19.6. The Morgan fingerprint density at radius 3 is 2.55 bits per heavy atom. The van der Waals surface area contributed by atoms with Crippen molar-refractivity contribution in [2.75, 3.05) is 24.9 Å². The number of halogens is 1. The Balaban J connectivity index is 1.89. The first-order valence-corrected chi connectivity index (χ1v) is 10.7. The predicted molar refractivity (Wildman–Crippen MR) is 123 cm³/mol. The van der Waals surface area contributed by atoms with Crippen LogP contribution >= 0.6 is 11.6 Å². The number of nitrogen functional groups attached to an aromatic ring is 1. The SMILES string of the molecule is COC(OC)[C@@]1(C)Oc2ccc(N)cc2[C@H](N(Cc2nnn(C)n2)c2ccc(Cl)cc2)[C@@H]1O. The topological polar surface area (TPSA) is 121 Å². The number of tetrazole rings is 1. The zero-order chi connectivity index (χ0) is 23.8. The van der Waals surface area contributed by atoms with Crippen LogP contribution < -0.4 is 15.4 Å². The molecule has 11 heteroatoms. The van der Waals surface area contributed by atoms with Crippen molar-refractivity contribution in [3.63, 3.8) is 0 Å². The summed E-state index contributed by atoms with van der Waals surface area (Å²) in [5, 5.41) is 24.8. The minimum absolute atomic E-state index is 0.256. The number of nitrogens with zero attached hydrogens (tertiary/aromatic N) is 5. The lowest BCUT2D eigenvalue weighted by Crippen LogP contribution is -2.62. The molecule has 4 rings (SSSR count). The van der Waals surface area contributed by atoms with Crippen LogP contribution in [0.2, 0.25) is 5.02 Å². The van der Waals surface area contributed by atoms with Crippen molar-refractivity contribution in [2.45, 2.75) is 37.5 Å². The van der Waals surface area contributed by atoms with Crippen molar-refractivity contribution in [1.82, 2.24) is 20.2 Å². The highest BCUT2D eigenvalue weighted by molar-refractivity contribution is 6.30. The third-order valence-corrected chi connectivity index (χ3v) is 6.07. The first-order valence-electron chi connectivity index (χ1n) is 10.3. The van der Waals surface area contributed by atoms with Gasteiger partial charge >= 0.3 is 0 Å². The summed E-state index contributed by atoms with van der Waals surface area (Å²) in [5.74, 6) is 1.04. The summed E-state index contributed by atoms with van der Waals surface area (Å²) in [6.45, 7) is 2.01. The highest BCUT2D eigenvalue weighted by Crippen LogP contribution is 2.47. The Kier molecular flexibility index (Phi) is 6.44. The minimum Gasteiger partial charge on any atom is -0.479 e. The normalized spacial score (nSPS) is 22.2. The van der Waals surface area contributed by atoms with E-state index in [0.717, 1.165) is 5.69 Å². The fourth-order valence-corrected chi connectivity index (χ4v) is 4.41. The van der Waals surface area contributed by atoms with Gasteiger partial charge in [0, 0.05) is 36.2 Å². The third kappa shape index (κ3) is 4.34. The molecule has 1 aromatic heterocycles. The van der Waals surface area contributed by atoms with Gasteiger partial charge in [0.1, 0.15) is 11.9 Å². The van der Waals surface area contributed by atoms with Gasteiger partial charge in [0.05, 0.1) is 19.6 Å². The van der Waals surface area contributed by atoms with Crippen molar-refractivity contribution in [1.29, 1.82) is 0 Å². The van der Waals surface area contributed by atoms with Gasteiger partial charge in [-0.05, 0) is 54.6 Å². The number of fused-ring (bicyclic) bond motifs is 1. The van der Waals surface area contributed by atoms with Gasteiger partial charge in [-0.15, -0.1) is 10.2 Å². The van der Waals surface area contributed by atoms with E-state index >= 15 is 0 Å². The molecule has 0 fully saturated rings. The lowest BCUT2D eigenvalue weighted by Gasteiger charge is -2.49. The summed E-state index contributed by atoms with van der Waals surface area (Å²) in [4.78, 5) is 3.36. The van der Waals surface area contributed by atoms with Gasteiger partial charge in [0.15, 0.2) is 17.7 Å². The number of ether oxygens (including phenoxy) is 3. The van der Waals surface area contributed by atoms with Gasteiger partial charge < -0.3 is 30.0 Å². The number of aromatic nitrogens is 4. The van der Waals surface area contributed by atoms with E-state index in [1.165, 1.54) is 19.0 Å². The Morgan fingerprint density at radius 1 is 1.24 bits per heavy atom. The molecule has 0 saturated carbocycles. The predicted octanol–water partition coefficient (Wildman–Crippen LogP) is 2.32. The maximum Gasteiger partial charge on any atom is 0.199 e. The first kappa shape index (κ1) is 23.2. The highest BCUT2D eigenvalue weighted by Gasteiger charge is 2.54. The Morgan fingerprint density at radius 2 is 1.94 bits per heavy atom. The summed E-state index contributed by atoms with van der Waals surface area (Å²) in [5.41, 5.74) is 6.93. The van der Waals surface area contributed by atoms with Gasteiger partial charge in [0.25, 0.3) is 0 Å². The fraction of sp³-hybridized carbons (Fsp3) is 0.409. The number of aryl methyl sites for hydroxylation is 1. The first-order chi connectivity index (χ1) is 15.8. The maximum absolute atomic E-state index is 11.8. The van der Waals surface area contributed by atoms with E-state index < -0.39 is 24.0 Å². The standard InChI is InChI=1S/C22H27ClN6O4/c1-22(21(31-3)32-4)20(30)19(16-11-14(24)7-10-17(16)33-22)29(12-18-25-27-28(2)26-18)15-8-5-13(23)6-9-15/h5-11,19-21,30H,12,24H2,1-4H3/t19-,20-,22-/m0/s1. The Labute approximate surface area is 196 Å². The summed E-state index contributed by atoms with van der Waals surface area (Å²) in [7, 11) is 4.70. The molecule has 0 radical (unpaired) electrons. The Bertz CT molecular complexity index is 1110. The largest absolute Gasteiger partial charge is 0.479 e. The van der Waals surface area contributed by atoms with Crippen molar-refractivity contribution >= 4 is 23.0 Å².